The highest BCUT2D eigenvalue weighted by molar-refractivity contribution is 5.78. The molecule has 0 unspecified atom stereocenters. The summed E-state index contributed by atoms with van der Waals surface area (Å²) < 4.78 is 5.50. The van der Waals surface area contributed by atoms with Gasteiger partial charge in [0.2, 0.25) is 0 Å². The normalized spacial score (nSPS) is 21.5. The third-order valence-electron chi connectivity index (χ3n) is 4.97. The van der Waals surface area contributed by atoms with Gasteiger partial charge < -0.3 is 15.0 Å². The zero-order valence-corrected chi connectivity index (χ0v) is 12.0. The molecule has 0 amide bonds. The molecule has 1 fully saturated rings. The Kier molecular flexibility index (Phi) is 3.29. The molecule has 3 nitrogen and oxygen atoms in total. The Morgan fingerprint density at radius 1 is 1.16 bits per heavy atom. The summed E-state index contributed by atoms with van der Waals surface area (Å²) >= 11 is 0. The van der Waals surface area contributed by atoms with Crippen LogP contribution in [0.2, 0.25) is 0 Å². The van der Waals surface area contributed by atoms with Crippen molar-refractivity contribution in [3.05, 3.63) is 18.2 Å². The second-order valence-electron chi connectivity index (χ2n) is 5.88. The molecule has 1 aliphatic carbocycles. The van der Waals surface area contributed by atoms with Gasteiger partial charge in [0.05, 0.1) is 12.8 Å². The number of hydrogen-bond donors (Lipinski definition) is 1. The highest BCUT2D eigenvalue weighted by atomic mass is 16.5. The topological polar surface area (TPSA) is 24.5 Å². The SMILES string of the molecule is COc1cccc2c1NCCC1(CCCCC1)N2C. The Bertz CT molecular complexity index is 452. The number of hydrogen-bond acceptors (Lipinski definition) is 3. The third kappa shape index (κ3) is 2.05. The molecular formula is C16H24N2O. The van der Waals surface area contributed by atoms with E-state index in [0.717, 1.165) is 18.0 Å². The standard InChI is InChI=1S/C16H24N2O/c1-18-13-7-6-8-14(19-2)15(13)17-12-11-16(18)9-4-3-5-10-16/h6-8,17H,3-5,9-12H2,1-2H3. The second-order valence-corrected chi connectivity index (χ2v) is 5.88. The molecule has 3 rings (SSSR count). The Hall–Kier alpha value is -1.38. The smallest absolute Gasteiger partial charge is 0.144 e. The predicted molar refractivity (Wildman–Crippen MR) is 80.3 cm³/mol. The minimum absolute atomic E-state index is 0.350. The lowest BCUT2D eigenvalue weighted by atomic mass is 9.78. The maximum atomic E-state index is 5.50. The van der Waals surface area contributed by atoms with Crippen LogP contribution in [0.15, 0.2) is 18.2 Å². The number of methoxy groups -OCH3 is 1. The molecule has 0 saturated heterocycles. The van der Waals surface area contributed by atoms with Crippen molar-refractivity contribution in [3.8, 4) is 5.75 Å². The number of benzene rings is 1. The Morgan fingerprint density at radius 2 is 1.95 bits per heavy atom. The fourth-order valence-corrected chi connectivity index (χ4v) is 3.79. The lowest BCUT2D eigenvalue weighted by Gasteiger charge is -2.45. The average Bonchev–Trinajstić information content (AvgIpc) is 2.59. The van der Waals surface area contributed by atoms with E-state index in [4.69, 9.17) is 4.74 Å². The summed E-state index contributed by atoms with van der Waals surface area (Å²) in [5.41, 5.74) is 2.80. The fourth-order valence-electron chi connectivity index (χ4n) is 3.79. The molecule has 1 spiro atoms. The van der Waals surface area contributed by atoms with E-state index >= 15 is 0 Å². The largest absolute Gasteiger partial charge is 0.495 e. The summed E-state index contributed by atoms with van der Waals surface area (Å²) in [5, 5.41) is 3.58. The van der Waals surface area contributed by atoms with Crippen LogP contribution in [0, 0.1) is 0 Å². The van der Waals surface area contributed by atoms with Crippen LogP contribution in [-0.2, 0) is 0 Å². The average molecular weight is 260 g/mol. The lowest BCUT2D eigenvalue weighted by Crippen LogP contribution is -2.48. The van der Waals surface area contributed by atoms with Crippen LogP contribution in [0.3, 0.4) is 0 Å². The predicted octanol–water partition coefficient (Wildman–Crippen LogP) is 3.65. The van der Waals surface area contributed by atoms with Gasteiger partial charge >= 0.3 is 0 Å². The van der Waals surface area contributed by atoms with Crippen LogP contribution in [0.25, 0.3) is 0 Å². The zero-order valence-electron chi connectivity index (χ0n) is 12.0. The van der Waals surface area contributed by atoms with E-state index in [-0.39, 0.29) is 0 Å². The molecule has 3 heteroatoms. The van der Waals surface area contributed by atoms with Crippen LogP contribution < -0.4 is 15.0 Å². The van der Waals surface area contributed by atoms with E-state index in [9.17, 15) is 0 Å². The van der Waals surface area contributed by atoms with Gasteiger partial charge in [-0.1, -0.05) is 25.3 Å². The summed E-state index contributed by atoms with van der Waals surface area (Å²) in [4.78, 5) is 2.52. The molecule has 1 heterocycles. The number of para-hydroxylation sites is 1. The minimum atomic E-state index is 0.350. The first kappa shape index (κ1) is 12.6. The van der Waals surface area contributed by atoms with Gasteiger partial charge in [-0.05, 0) is 31.4 Å². The van der Waals surface area contributed by atoms with Crippen molar-refractivity contribution < 1.29 is 4.74 Å². The molecule has 0 aromatic heterocycles. The molecule has 104 valence electrons. The number of nitrogens with zero attached hydrogens (tertiary/aromatic N) is 1. The van der Waals surface area contributed by atoms with Crippen molar-refractivity contribution in [2.24, 2.45) is 0 Å². The highest BCUT2D eigenvalue weighted by Gasteiger charge is 2.38. The van der Waals surface area contributed by atoms with E-state index < -0.39 is 0 Å². The van der Waals surface area contributed by atoms with Crippen molar-refractivity contribution in [1.29, 1.82) is 0 Å². The summed E-state index contributed by atoms with van der Waals surface area (Å²) in [5.74, 6) is 0.956. The van der Waals surface area contributed by atoms with E-state index in [1.807, 2.05) is 6.07 Å². The van der Waals surface area contributed by atoms with E-state index in [0.29, 0.717) is 5.54 Å². The van der Waals surface area contributed by atoms with E-state index in [1.54, 1.807) is 7.11 Å². The van der Waals surface area contributed by atoms with Crippen LogP contribution in [-0.4, -0.2) is 26.2 Å². The summed E-state index contributed by atoms with van der Waals surface area (Å²) in [6.45, 7) is 1.04. The van der Waals surface area contributed by atoms with Crippen LogP contribution in [0.1, 0.15) is 38.5 Å². The fraction of sp³-hybridized carbons (Fsp3) is 0.625. The monoisotopic (exact) mass is 260 g/mol. The first-order valence-electron chi connectivity index (χ1n) is 7.42. The van der Waals surface area contributed by atoms with Crippen molar-refractivity contribution >= 4 is 11.4 Å². The van der Waals surface area contributed by atoms with E-state index in [2.05, 4.69) is 29.4 Å². The van der Waals surface area contributed by atoms with Gasteiger partial charge in [-0.2, -0.15) is 0 Å². The van der Waals surface area contributed by atoms with Gasteiger partial charge in [0.15, 0.2) is 0 Å². The zero-order chi connectivity index (χ0) is 13.3. The molecule has 1 saturated carbocycles. The molecule has 1 aromatic rings. The Balaban J connectivity index is 2.02. The third-order valence-corrected chi connectivity index (χ3v) is 4.97. The Labute approximate surface area is 115 Å². The van der Waals surface area contributed by atoms with Gasteiger partial charge in [0.1, 0.15) is 11.4 Å². The van der Waals surface area contributed by atoms with Gasteiger partial charge in [0, 0.05) is 19.1 Å². The molecule has 1 N–H and O–H groups in total. The van der Waals surface area contributed by atoms with Crippen molar-refractivity contribution in [2.45, 2.75) is 44.1 Å². The first-order chi connectivity index (χ1) is 9.27. The minimum Gasteiger partial charge on any atom is -0.495 e. The lowest BCUT2D eigenvalue weighted by molar-refractivity contribution is 0.274. The number of anilines is 2. The number of fused-ring (bicyclic) bond motifs is 1. The maximum Gasteiger partial charge on any atom is 0.144 e. The van der Waals surface area contributed by atoms with Crippen LogP contribution in [0.5, 0.6) is 5.75 Å². The first-order valence-corrected chi connectivity index (χ1v) is 7.42. The molecule has 19 heavy (non-hydrogen) atoms. The van der Waals surface area contributed by atoms with Crippen LogP contribution >= 0.6 is 0 Å². The number of rotatable bonds is 1. The number of nitrogens with one attached hydrogen (secondary N) is 1. The summed E-state index contributed by atoms with van der Waals surface area (Å²) in [6, 6.07) is 6.35. The molecule has 2 aliphatic rings. The maximum absolute atomic E-state index is 5.50. The van der Waals surface area contributed by atoms with Gasteiger partial charge in [-0.15, -0.1) is 0 Å². The molecule has 1 aliphatic heterocycles. The van der Waals surface area contributed by atoms with Gasteiger partial charge in [-0.3, -0.25) is 0 Å². The summed E-state index contributed by atoms with van der Waals surface area (Å²) in [7, 11) is 4.01. The van der Waals surface area contributed by atoms with Gasteiger partial charge in [-0.25, -0.2) is 0 Å². The quantitative estimate of drug-likeness (QED) is 0.834. The second kappa shape index (κ2) is 4.95. The molecule has 0 radical (unpaired) electrons. The van der Waals surface area contributed by atoms with Crippen molar-refractivity contribution in [1.82, 2.24) is 0 Å². The van der Waals surface area contributed by atoms with E-state index in [1.165, 1.54) is 44.2 Å². The number of ether oxygens (including phenoxy) is 1. The molecule has 0 bridgehead atoms. The highest BCUT2D eigenvalue weighted by Crippen LogP contribution is 2.45. The van der Waals surface area contributed by atoms with Gasteiger partial charge in [0.25, 0.3) is 0 Å². The van der Waals surface area contributed by atoms with Crippen molar-refractivity contribution in [2.75, 3.05) is 30.9 Å². The Morgan fingerprint density at radius 3 is 2.68 bits per heavy atom. The van der Waals surface area contributed by atoms with Crippen LogP contribution in [0.4, 0.5) is 11.4 Å². The molecular weight excluding hydrogens is 236 g/mol. The molecule has 1 aromatic carbocycles. The van der Waals surface area contributed by atoms with Crippen molar-refractivity contribution in [3.63, 3.8) is 0 Å². The molecule has 0 atom stereocenters. The summed E-state index contributed by atoms with van der Waals surface area (Å²) in [6.07, 6.45) is 7.99.